The molecule has 1 aliphatic heterocycles. The molecule has 2 rings (SSSR count). The molecule has 1 heterocycles. The number of hydrogen-bond donors (Lipinski definition) is 19. The molecule has 20 N–H and O–H groups in total. The van der Waals surface area contributed by atoms with Gasteiger partial charge in [-0.05, 0) is 181 Å². The van der Waals surface area contributed by atoms with E-state index in [1.54, 1.807) is 148 Å². The van der Waals surface area contributed by atoms with Crippen LogP contribution in [0, 0.1) is 5.92 Å². The van der Waals surface area contributed by atoms with E-state index in [4.69, 9.17) is 29.4 Å². The van der Waals surface area contributed by atoms with Crippen LogP contribution in [0.25, 0.3) is 0 Å². The van der Waals surface area contributed by atoms with Gasteiger partial charge in [0, 0.05) is 45.7 Å². The average Bonchev–Trinajstić information content (AvgIpc) is 0.984. The van der Waals surface area contributed by atoms with E-state index in [1.165, 1.54) is 0 Å². The lowest BCUT2D eigenvalue weighted by Gasteiger charge is -2.29. The molecular weight excluding hydrogens is 1540 g/mol. The zero-order valence-electron chi connectivity index (χ0n) is 72.0. The van der Waals surface area contributed by atoms with Gasteiger partial charge in [0.15, 0.2) is 0 Å². The molecule has 668 valence electrons. The van der Waals surface area contributed by atoms with Gasteiger partial charge < -0.3 is 125 Å². The Bertz CT molecular complexity index is 3510. The zero-order chi connectivity index (χ0) is 89.8. The predicted molar refractivity (Wildman–Crippen MR) is 432 cm³/mol. The molecular formula is C78H133N17O23. The van der Waals surface area contributed by atoms with Gasteiger partial charge in [0.2, 0.25) is 65.0 Å². The van der Waals surface area contributed by atoms with Crippen molar-refractivity contribution in [2.45, 2.75) is 316 Å². The van der Waals surface area contributed by atoms with Crippen molar-refractivity contribution >= 4 is 95.4 Å². The third kappa shape index (κ3) is 43.7. The van der Waals surface area contributed by atoms with Gasteiger partial charge in [-0.3, -0.25) is 52.7 Å². The SMILES string of the molecule is CCCC[C@@H](N)C(=O)N[C@@H](CCNC(=O)OC(C)(C)C)C(=O)N[C@H](C(=O)N[C@@H](CCNC(=O)OC(C)(C)C)C(=O)N[C@H]1CCNC(=O)[C@H]([C@@H](C)O)NC(=O)[C@H](CCNC(=O)OC(C)(C)C)NC(=O)[C@H](CCNC(=O)OC(C)(C)C)NC(=O)[C@H](CC(C)C)NC(=O)[C@@H](Cc2ccccc2)NC(=O)[C@H](CCNC(=O)OC(C)(C)C)NC1=O)[C@@H](C)O. The Labute approximate surface area is 691 Å². The van der Waals surface area contributed by atoms with Gasteiger partial charge in [0.1, 0.15) is 88.4 Å². The van der Waals surface area contributed by atoms with Gasteiger partial charge in [0.05, 0.1) is 18.2 Å². The average molecular weight is 1680 g/mol. The summed E-state index contributed by atoms with van der Waals surface area (Å²) >= 11 is 0. The van der Waals surface area contributed by atoms with Crippen molar-refractivity contribution in [1.82, 2.24) is 85.1 Å². The summed E-state index contributed by atoms with van der Waals surface area (Å²) < 4.78 is 26.9. The van der Waals surface area contributed by atoms with Crippen molar-refractivity contribution in [2.75, 3.05) is 39.3 Å². The van der Waals surface area contributed by atoms with Crippen molar-refractivity contribution in [3.8, 4) is 0 Å². The summed E-state index contributed by atoms with van der Waals surface area (Å²) in [5.41, 5.74) is 1.66. The van der Waals surface area contributed by atoms with Crippen LogP contribution in [0.3, 0.4) is 0 Å². The molecule has 40 heteroatoms. The minimum Gasteiger partial charge on any atom is -0.444 e. The standard InChI is InChI=1S/C78H133N17O23/c1-21-22-28-47(79)58(98)86-52(33-39-84-72(112)117-77(15,16)17)63(103)95-57(45(5)97)68(108)91-51(32-38-83-71(111)116-76(12,13)14)61(101)87-48-29-35-80-67(107)56(44(4)96)94-64(104)53(34-40-85-73(113)118-78(18,19)20)89-60(100)49(30-36-81-69(109)114-74(6,7)8)90-65(105)54(41-43(2)3)92-66(106)55(42-46-26-24-23-25-27-46)93-62(102)50(88-59(48)99)31-37-82-70(110)115-75(9,10)11/h23-27,43-45,47-57,96-97H,21-22,28-42,79H2,1-20H3,(H,80,107)(H,81,109)(H,82,110)(H,83,111)(H,84,112)(H,85,113)(H,86,98)(H,87,101)(H,88,99)(H,89,100)(H,90,105)(H,91,108)(H,92,106)(H,93,102)(H,94,104)(H,95,103)/t44-,45-,47-,48+,49+,50+,51+,52+,53+,54+,55-,56+,57+/m1/s1. The lowest BCUT2D eigenvalue weighted by atomic mass is 10.00. The Morgan fingerprint density at radius 1 is 0.449 bits per heavy atom. The highest BCUT2D eigenvalue weighted by Crippen LogP contribution is 2.16. The predicted octanol–water partition coefficient (Wildman–Crippen LogP) is 0.496. The molecule has 0 aliphatic carbocycles. The Morgan fingerprint density at radius 2 is 0.814 bits per heavy atom. The normalized spacial score (nSPS) is 20.1. The van der Waals surface area contributed by atoms with Crippen molar-refractivity contribution in [2.24, 2.45) is 11.7 Å². The molecule has 0 radical (unpaired) electrons. The van der Waals surface area contributed by atoms with Crippen LogP contribution in [0.4, 0.5) is 24.0 Å². The summed E-state index contributed by atoms with van der Waals surface area (Å²) in [7, 11) is 0. The minimum atomic E-state index is -1.98. The van der Waals surface area contributed by atoms with Crippen LogP contribution < -0.4 is 90.8 Å². The molecule has 118 heavy (non-hydrogen) atoms. The molecule has 16 amide bonds. The fraction of sp³-hybridized carbons (Fsp3) is 0.718. The second-order valence-corrected chi connectivity index (χ2v) is 34.2. The van der Waals surface area contributed by atoms with Crippen LogP contribution in [0.15, 0.2) is 30.3 Å². The number of rotatable bonds is 32. The van der Waals surface area contributed by atoms with Crippen molar-refractivity contribution in [3.63, 3.8) is 0 Å². The smallest absolute Gasteiger partial charge is 0.407 e. The summed E-state index contributed by atoms with van der Waals surface area (Å²) in [5, 5.41) is 62.9. The maximum atomic E-state index is 15.4. The lowest BCUT2D eigenvalue weighted by molar-refractivity contribution is -0.137. The first-order valence-corrected chi connectivity index (χ1v) is 39.9. The van der Waals surface area contributed by atoms with Crippen LogP contribution in [0.2, 0.25) is 0 Å². The molecule has 40 nitrogen and oxygen atoms in total. The number of benzene rings is 1. The topological polar surface area (TPSA) is 578 Å². The van der Waals surface area contributed by atoms with Gasteiger partial charge in [-0.2, -0.15) is 0 Å². The third-order valence-corrected chi connectivity index (χ3v) is 16.6. The van der Waals surface area contributed by atoms with E-state index in [0.29, 0.717) is 18.4 Å². The molecule has 1 saturated heterocycles. The van der Waals surface area contributed by atoms with Gasteiger partial charge in [-0.15, -0.1) is 0 Å². The summed E-state index contributed by atoms with van der Waals surface area (Å²) in [4.78, 5) is 227. The summed E-state index contributed by atoms with van der Waals surface area (Å²) in [6.45, 7) is 28.8. The molecule has 0 bridgehead atoms. The second kappa shape index (κ2) is 49.1. The van der Waals surface area contributed by atoms with E-state index >= 15 is 19.2 Å². The number of aliphatic hydroxyl groups excluding tert-OH is 2. The molecule has 0 unspecified atom stereocenters. The van der Waals surface area contributed by atoms with Crippen molar-refractivity contribution in [1.29, 1.82) is 0 Å². The summed E-state index contributed by atoms with van der Waals surface area (Å²) in [6.07, 6.45) is -10.2. The minimum absolute atomic E-state index is 0.128. The first kappa shape index (κ1) is 104. The number of amides is 16. The lowest BCUT2D eigenvalue weighted by Crippen LogP contribution is -2.62. The Balaban J connectivity index is 3.12. The first-order valence-electron chi connectivity index (χ1n) is 39.9. The molecule has 1 fully saturated rings. The number of aliphatic hydroxyl groups is 2. The van der Waals surface area contributed by atoms with Crippen molar-refractivity contribution in [3.05, 3.63) is 35.9 Å². The summed E-state index contributed by atoms with van der Waals surface area (Å²) in [6, 6.07) is -10.6. The van der Waals surface area contributed by atoms with Crippen molar-refractivity contribution < 1.29 is 111 Å². The number of unbranched alkanes of at least 4 members (excludes halogenated alkanes) is 1. The highest BCUT2D eigenvalue weighted by atomic mass is 16.6. The molecule has 0 spiro atoms. The highest BCUT2D eigenvalue weighted by Gasteiger charge is 2.40. The van der Waals surface area contributed by atoms with Crippen LogP contribution >= 0.6 is 0 Å². The molecule has 0 saturated carbocycles. The highest BCUT2D eigenvalue weighted by molar-refractivity contribution is 6.00. The van der Waals surface area contributed by atoms with E-state index in [-0.39, 0.29) is 44.7 Å². The van der Waals surface area contributed by atoms with Crippen LogP contribution in [-0.4, -0.2) is 252 Å². The van der Waals surface area contributed by atoms with Gasteiger partial charge in [-0.25, -0.2) is 24.0 Å². The molecule has 1 aromatic rings. The second-order valence-electron chi connectivity index (χ2n) is 34.2. The van der Waals surface area contributed by atoms with Gasteiger partial charge in [0.25, 0.3) is 0 Å². The fourth-order valence-electron chi connectivity index (χ4n) is 11.0. The number of carbonyl (C=O) groups is 16. The van der Waals surface area contributed by atoms with E-state index in [9.17, 15) is 67.7 Å². The number of carbonyl (C=O) groups excluding carboxylic acids is 16. The Morgan fingerprint density at radius 3 is 1.21 bits per heavy atom. The van der Waals surface area contributed by atoms with Gasteiger partial charge in [-0.1, -0.05) is 63.9 Å². The quantitative estimate of drug-likeness (QED) is 0.0437. The monoisotopic (exact) mass is 1680 g/mol. The molecule has 0 aromatic heterocycles. The van der Waals surface area contributed by atoms with E-state index in [0.717, 1.165) is 13.8 Å². The number of nitrogens with two attached hydrogens (primary N) is 1. The maximum Gasteiger partial charge on any atom is 0.407 e. The third-order valence-electron chi connectivity index (χ3n) is 16.6. The number of ether oxygens (including phenoxy) is 5. The van der Waals surface area contributed by atoms with Crippen LogP contribution in [0.1, 0.15) is 208 Å². The van der Waals surface area contributed by atoms with Gasteiger partial charge >= 0.3 is 30.5 Å². The van der Waals surface area contributed by atoms with E-state index in [1.807, 2.05) is 6.92 Å². The number of nitrogens with one attached hydrogen (secondary N) is 16. The largest absolute Gasteiger partial charge is 0.444 e. The van der Waals surface area contributed by atoms with E-state index in [2.05, 4.69) is 85.1 Å². The Hall–Kier alpha value is -10.4. The molecule has 1 aliphatic rings. The van der Waals surface area contributed by atoms with E-state index < -0.39 is 260 Å². The first-order chi connectivity index (χ1) is 54.6. The van der Waals surface area contributed by atoms with Crippen LogP contribution in [-0.2, 0) is 82.8 Å². The van der Waals surface area contributed by atoms with Crippen LogP contribution in [0.5, 0.6) is 0 Å². The zero-order valence-corrected chi connectivity index (χ0v) is 72.0. The number of hydrogen-bond acceptors (Lipinski definition) is 24. The Kier molecular flexibility index (Phi) is 43.2. The fourth-order valence-corrected chi connectivity index (χ4v) is 11.0. The number of alkyl carbamates (subject to hydrolysis) is 5. The molecule has 1 aromatic carbocycles. The summed E-state index contributed by atoms with van der Waals surface area (Å²) in [5.74, 6) is -12.5. The maximum absolute atomic E-state index is 15.4. The molecule has 13 atom stereocenters.